The Balaban J connectivity index is 1.77. The van der Waals surface area contributed by atoms with Gasteiger partial charge in [0.05, 0.1) is 18.0 Å². The van der Waals surface area contributed by atoms with Crippen LogP contribution in [0.25, 0.3) is 10.4 Å². The highest BCUT2D eigenvalue weighted by Crippen LogP contribution is 2.31. The molecule has 0 fully saturated rings. The lowest BCUT2D eigenvalue weighted by Gasteiger charge is -2.27. The van der Waals surface area contributed by atoms with Gasteiger partial charge in [0.2, 0.25) is 10.0 Å². The van der Waals surface area contributed by atoms with E-state index in [1.165, 1.54) is 36.8 Å². The van der Waals surface area contributed by atoms with E-state index in [9.17, 15) is 13.2 Å². The van der Waals surface area contributed by atoms with Crippen LogP contribution in [-0.2, 0) is 23.1 Å². The normalized spacial score (nSPS) is 14.2. The van der Waals surface area contributed by atoms with Gasteiger partial charge in [-0.1, -0.05) is 12.1 Å². The first-order valence-electron chi connectivity index (χ1n) is 8.27. The number of amides is 1. The van der Waals surface area contributed by atoms with Crippen LogP contribution in [-0.4, -0.2) is 47.6 Å². The topological polar surface area (TPSA) is 97.2 Å². The van der Waals surface area contributed by atoms with Gasteiger partial charge in [0.25, 0.3) is 5.91 Å². The van der Waals surface area contributed by atoms with Crippen molar-refractivity contribution in [1.82, 2.24) is 24.4 Å². The predicted molar refractivity (Wildman–Crippen MR) is 101 cm³/mol. The lowest BCUT2D eigenvalue weighted by atomic mass is 10.0. The van der Waals surface area contributed by atoms with Crippen LogP contribution in [0.5, 0.6) is 0 Å². The van der Waals surface area contributed by atoms with Crippen LogP contribution in [0.3, 0.4) is 0 Å². The summed E-state index contributed by atoms with van der Waals surface area (Å²) >= 11 is 1.50. The van der Waals surface area contributed by atoms with Crippen LogP contribution < -0.4 is 4.72 Å². The van der Waals surface area contributed by atoms with E-state index in [-0.39, 0.29) is 10.8 Å². The molecule has 1 aliphatic rings. The number of thiophene rings is 1. The van der Waals surface area contributed by atoms with E-state index >= 15 is 0 Å². The molecule has 0 saturated heterocycles. The Labute approximate surface area is 160 Å². The fourth-order valence-electron chi connectivity index (χ4n) is 3.04. The van der Waals surface area contributed by atoms with Crippen molar-refractivity contribution in [3.8, 4) is 10.4 Å². The summed E-state index contributed by atoms with van der Waals surface area (Å²) in [6, 6.07) is 8.47. The molecule has 0 unspecified atom stereocenters. The van der Waals surface area contributed by atoms with E-state index in [1.807, 2.05) is 17.5 Å². The number of nitrogens with zero attached hydrogens (tertiary/aromatic N) is 4. The summed E-state index contributed by atoms with van der Waals surface area (Å²) in [5, 5.41) is 6.04. The number of sulfonamides is 1. The molecular weight excluding hydrogens is 386 g/mol. The summed E-state index contributed by atoms with van der Waals surface area (Å²) in [5.41, 5.74) is 1.08. The number of hydrogen-bond acceptors (Lipinski definition) is 6. The quantitative estimate of drug-likeness (QED) is 0.713. The maximum absolute atomic E-state index is 13.3. The minimum Gasteiger partial charge on any atom is -0.329 e. The first kappa shape index (κ1) is 17.8. The van der Waals surface area contributed by atoms with Crippen LogP contribution in [0.2, 0.25) is 0 Å². The largest absolute Gasteiger partial charge is 0.329 e. The molecule has 4 rings (SSSR count). The van der Waals surface area contributed by atoms with E-state index in [0.717, 1.165) is 10.4 Å². The lowest BCUT2D eigenvalue weighted by Crippen LogP contribution is -2.39. The monoisotopic (exact) mass is 403 g/mol. The molecule has 0 bridgehead atoms. The molecule has 8 nitrogen and oxygen atoms in total. The summed E-state index contributed by atoms with van der Waals surface area (Å²) in [6.07, 6.45) is 1.47. The number of nitrogens with one attached hydrogen (secondary N) is 1. The number of aromatic nitrogens is 3. The van der Waals surface area contributed by atoms with Gasteiger partial charge in [0.1, 0.15) is 12.2 Å². The molecule has 2 aromatic heterocycles. The minimum absolute atomic E-state index is 0.0637. The van der Waals surface area contributed by atoms with E-state index in [1.54, 1.807) is 15.6 Å². The van der Waals surface area contributed by atoms with Gasteiger partial charge in [0.15, 0.2) is 0 Å². The third kappa shape index (κ3) is 3.27. The molecule has 0 aliphatic carbocycles. The van der Waals surface area contributed by atoms with Crippen molar-refractivity contribution in [2.75, 3.05) is 13.6 Å². The highest BCUT2D eigenvalue weighted by Gasteiger charge is 2.26. The van der Waals surface area contributed by atoms with Crippen molar-refractivity contribution in [2.24, 2.45) is 0 Å². The minimum atomic E-state index is -3.65. The van der Waals surface area contributed by atoms with Gasteiger partial charge in [-0.25, -0.2) is 22.8 Å². The van der Waals surface area contributed by atoms with Gasteiger partial charge in [-0.05, 0) is 30.6 Å². The van der Waals surface area contributed by atoms with Crippen LogP contribution in [0, 0.1) is 0 Å². The van der Waals surface area contributed by atoms with E-state index in [0.29, 0.717) is 31.0 Å². The molecule has 1 amide bonds. The van der Waals surface area contributed by atoms with Crippen LogP contribution in [0.4, 0.5) is 0 Å². The van der Waals surface area contributed by atoms with Gasteiger partial charge in [-0.15, -0.1) is 11.3 Å². The highest BCUT2D eigenvalue weighted by atomic mass is 32.2. The second kappa shape index (κ2) is 6.87. The molecule has 1 aromatic carbocycles. The van der Waals surface area contributed by atoms with Gasteiger partial charge in [0, 0.05) is 22.5 Å². The molecule has 0 saturated carbocycles. The van der Waals surface area contributed by atoms with Gasteiger partial charge in [-0.3, -0.25) is 4.79 Å². The van der Waals surface area contributed by atoms with Crippen LogP contribution in [0.1, 0.15) is 16.2 Å². The Morgan fingerprint density at radius 3 is 2.85 bits per heavy atom. The van der Waals surface area contributed by atoms with Crippen molar-refractivity contribution in [1.29, 1.82) is 0 Å². The molecule has 1 N–H and O–H groups in total. The number of carbonyl (C=O) groups excluding carboxylic acids is 1. The van der Waals surface area contributed by atoms with Gasteiger partial charge in [-0.2, -0.15) is 5.10 Å². The summed E-state index contributed by atoms with van der Waals surface area (Å²) in [6.45, 7) is 1.39. The van der Waals surface area contributed by atoms with E-state index < -0.39 is 10.0 Å². The molecule has 3 heterocycles. The number of fused-ring (bicyclic) bond motifs is 1. The third-order valence-electron chi connectivity index (χ3n) is 4.48. The zero-order valence-electron chi connectivity index (χ0n) is 14.5. The number of carbonyl (C=O) groups is 1. The standard InChI is InChI=1S/C17H17N5O3S2/c1-18-27(24,25)12-4-5-13(15-3-2-8-26-15)14(9-12)17(23)21-6-7-22-16(10-21)19-11-20-22/h2-5,8-9,11,18H,6-7,10H2,1H3. The molecule has 10 heteroatoms. The number of benzene rings is 1. The average Bonchev–Trinajstić information content (AvgIpc) is 3.38. The summed E-state index contributed by atoms with van der Waals surface area (Å²) in [5.74, 6) is 0.493. The maximum Gasteiger partial charge on any atom is 0.255 e. The molecule has 27 heavy (non-hydrogen) atoms. The van der Waals surface area contributed by atoms with Crippen LogP contribution >= 0.6 is 11.3 Å². The number of rotatable bonds is 4. The van der Waals surface area contributed by atoms with Crippen molar-refractivity contribution in [3.05, 3.63) is 53.4 Å². The second-order valence-corrected chi connectivity index (χ2v) is 8.85. The molecular formula is C17H17N5O3S2. The predicted octanol–water partition coefficient (Wildman–Crippen LogP) is 1.57. The Hall–Kier alpha value is -2.56. The summed E-state index contributed by atoms with van der Waals surface area (Å²) in [4.78, 5) is 20.1. The maximum atomic E-state index is 13.3. The Morgan fingerprint density at radius 1 is 1.26 bits per heavy atom. The third-order valence-corrected chi connectivity index (χ3v) is 6.80. The molecule has 1 aliphatic heterocycles. The first-order chi connectivity index (χ1) is 13.0. The second-order valence-electron chi connectivity index (χ2n) is 6.02. The zero-order chi connectivity index (χ0) is 19.0. The smallest absolute Gasteiger partial charge is 0.255 e. The van der Waals surface area contributed by atoms with Gasteiger partial charge < -0.3 is 4.90 Å². The SMILES string of the molecule is CNS(=O)(=O)c1ccc(-c2cccs2)c(C(=O)N2CCn3ncnc3C2)c1. The zero-order valence-corrected chi connectivity index (χ0v) is 16.1. The molecule has 0 spiro atoms. The Bertz CT molecular complexity index is 1090. The van der Waals surface area contributed by atoms with E-state index in [4.69, 9.17) is 0 Å². The Kier molecular flexibility index (Phi) is 4.54. The van der Waals surface area contributed by atoms with E-state index in [2.05, 4.69) is 14.8 Å². The van der Waals surface area contributed by atoms with Crippen molar-refractivity contribution >= 4 is 27.3 Å². The Morgan fingerprint density at radius 2 is 2.11 bits per heavy atom. The highest BCUT2D eigenvalue weighted by molar-refractivity contribution is 7.89. The summed E-state index contributed by atoms with van der Waals surface area (Å²) < 4.78 is 28.5. The van der Waals surface area contributed by atoms with Gasteiger partial charge >= 0.3 is 0 Å². The fraction of sp³-hybridized carbons (Fsp3) is 0.235. The average molecular weight is 403 g/mol. The molecule has 0 atom stereocenters. The van der Waals surface area contributed by atoms with Crippen molar-refractivity contribution in [3.63, 3.8) is 0 Å². The molecule has 140 valence electrons. The fourth-order valence-corrected chi connectivity index (χ4v) is 4.56. The lowest BCUT2D eigenvalue weighted by molar-refractivity contribution is 0.0703. The summed E-state index contributed by atoms with van der Waals surface area (Å²) in [7, 11) is -2.31. The van der Waals surface area contributed by atoms with Crippen LogP contribution in [0.15, 0.2) is 46.9 Å². The molecule has 0 radical (unpaired) electrons. The van der Waals surface area contributed by atoms with Crippen molar-refractivity contribution in [2.45, 2.75) is 18.0 Å². The van der Waals surface area contributed by atoms with Crippen molar-refractivity contribution < 1.29 is 13.2 Å². The number of hydrogen-bond donors (Lipinski definition) is 1. The molecule has 3 aromatic rings. The first-order valence-corrected chi connectivity index (χ1v) is 10.6.